The number of methoxy groups -OCH3 is 1. The molecule has 0 bridgehead atoms. The maximum Gasteiger partial charge on any atom is 0.174 e. The summed E-state index contributed by atoms with van der Waals surface area (Å²) in [5, 5.41) is 15.2. The molecule has 0 saturated carbocycles. The van der Waals surface area contributed by atoms with E-state index in [9.17, 15) is 5.11 Å². The van der Waals surface area contributed by atoms with E-state index >= 15 is 0 Å². The number of nitrogens with one attached hydrogen (secondary N) is 1. The molecule has 2 N–H and O–H groups in total. The highest BCUT2D eigenvalue weighted by atomic mass is 35.5. The van der Waals surface area contributed by atoms with E-state index in [-0.39, 0.29) is 17.8 Å². The Labute approximate surface area is 208 Å². The minimum atomic E-state index is -0.303. The number of aromatic hydroxyl groups is 1. The van der Waals surface area contributed by atoms with E-state index in [0.717, 1.165) is 28.5 Å². The van der Waals surface area contributed by atoms with Crippen LogP contribution in [0.1, 0.15) is 29.2 Å². The van der Waals surface area contributed by atoms with Gasteiger partial charge in [0.2, 0.25) is 0 Å². The molecular weight excluding hydrogens is 468 g/mol. The third-order valence-electron chi connectivity index (χ3n) is 6.03. The molecule has 3 heterocycles. The summed E-state index contributed by atoms with van der Waals surface area (Å²) in [6.45, 7) is 2.06. The number of anilines is 1. The van der Waals surface area contributed by atoms with Gasteiger partial charge in [-0.1, -0.05) is 17.7 Å². The fourth-order valence-corrected chi connectivity index (χ4v) is 4.98. The van der Waals surface area contributed by atoms with Crippen molar-refractivity contribution in [1.29, 1.82) is 0 Å². The van der Waals surface area contributed by atoms with Crippen molar-refractivity contribution in [1.82, 2.24) is 14.9 Å². The summed E-state index contributed by atoms with van der Waals surface area (Å²) < 4.78 is 7.53. The number of benzene rings is 2. The molecule has 172 valence electrons. The average Bonchev–Trinajstić information content (AvgIpc) is 3.40. The van der Waals surface area contributed by atoms with Gasteiger partial charge >= 0.3 is 0 Å². The monoisotopic (exact) mass is 490 g/mol. The van der Waals surface area contributed by atoms with Gasteiger partial charge < -0.3 is 24.6 Å². The lowest BCUT2D eigenvalue weighted by Gasteiger charge is -2.30. The Kier molecular flexibility index (Phi) is 5.89. The minimum Gasteiger partial charge on any atom is -0.506 e. The average molecular weight is 491 g/mol. The molecule has 0 amide bonds. The van der Waals surface area contributed by atoms with Crippen molar-refractivity contribution in [3.05, 3.63) is 101 Å². The number of pyridine rings is 1. The van der Waals surface area contributed by atoms with Crippen LogP contribution in [0.4, 0.5) is 5.69 Å². The van der Waals surface area contributed by atoms with Gasteiger partial charge in [-0.05, 0) is 85.9 Å². The van der Waals surface area contributed by atoms with Crippen LogP contribution in [-0.2, 0) is 0 Å². The Hall–Kier alpha value is -3.55. The number of phenols is 1. The molecule has 8 heteroatoms. The van der Waals surface area contributed by atoms with Gasteiger partial charge in [0.1, 0.15) is 17.5 Å². The van der Waals surface area contributed by atoms with Crippen LogP contribution >= 0.6 is 23.8 Å². The van der Waals surface area contributed by atoms with Gasteiger partial charge in [0.25, 0.3) is 0 Å². The summed E-state index contributed by atoms with van der Waals surface area (Å²) >= 11 is 12.1. The Balaban J connectivity index is 1.71. The number of aromatic nitrogens is 2. The second-order valence-corrected chi connectivity index (χ2v) is 8.89. The zero-order valence-electron chi connectivity index (χ0n) is 18.6. The summed E-state index contributed by atoms with van der Waals surface area (Å²) in [6, 6.07) is 22.3. The topological polar surface area (TPSA) is 62.5 Å². The first kappa shape index (κ1) is 22.3. The molecule has 0 radical (unpaired) electrons. The number of hydrogen-bond donors (Lipinski definition) is 2. The number of aryl methyl sites for hydroxylation is 1. The summed E-state index contributed by atoms with van der Waals surface area (Å²) in [6.07, 6.45) is 1.77. The van der Waals surface area contributed by atoms with E-state index in [1.54, 1.807) is 31.5 Å². The fraction of sp³-hybridized carbons (Fsp3) is 0.154. The lowest BCUT2D eigenvalue weighted by atomic mass is 10.0. The SMILES string of the molecule is COc1ccc(-n2c(C)ccc2[C@@H]2[C@H](c3ccccn3)NC(=S)N2c2cc(Cl)ccc2O)cc1. The second-order valence-electron chi connectivity index (χ2n) is 8.06. The van der Waals surface area contributed by atoms with Crippen LogP contribution in [0.2, 0.25) is 5.02 Å². The highest BCUT2D eigenvalue weighted by Gasteiger charge is 2.43. The van der Waals surface area contributed by atoms with Crippen molar-refractivity contribution >= 4 is 34.6 Å². The Bertz CT molecular complexity index is 1340. The van der Waals surface area contributed by atoms with E-state index in [1.807, 2.05) is 47.4 Å². The molecule has 2 aromatic carbocycles. The summed E-state index contributed by atoms with van der Waals surface area (Å²) in [5.74, 6) is 0.884. The summed E-state index contributed by atoms with van der Waals surface area (Å²) in [4.78, 5) is 6.53. The van der Waals surface area contributed by atoms with E-state index in [4.69, 9.17) is 28.6 Å². The zero-order valence-corrected chi connectivity index (χ0v) is 20.2. The van der Waals surface area contributed by atoms with Crippen LogP contribution in [0, 0.1) is 6.92 Å². The summed E-state index contributed by atoms with van der Waals surface area (Å²) in [5.41, 5.74) is 4.43. The van der Waals surface area contributed by atoms with Crippen molar-refractivity contribution in [2.24, 2.45) is 0 Å². The number of halogens is 1. The molecule has 34 heavy (non-hydrogen) atoms. The van der Waals surface area contributed by atoms with Crippen LogP contribution in [0.5, 0.6) is 11.5 Å². The zero-order chi connectivity index (χ0) is 23.8. The van der Waals surface area contributed by atoms with Gasteiger partial charge in [0, 0.05) is 28.3 Å². The first-order chi connectivity index (χ1) is 16.5. The Morgan fingerprint density at radius 2 is 1.85 bits per heavy atom. The molecule has 1 aliphatic rings. The molecular formula is C26H23ClN4O2S. The molecule has 0 spiro atoms. The van der Waals surface area contributed by atoms with Gasteiger partial charge in [-0.3, -0.25) is 4.98 Å². The fourth-order valence-electron chi connectivity index (χ4n) is 4.48. The van der Waals surface area contributed by atoms with Gasteiger partial charge in [0.05, 0.1) is 24.5 Å². The number of phenolic OH excluding ortho intramolecular Hbond substituents is 1. The van der Waals surface area contributed by atoms with E-state index < -0.39 is 0 Å². The van der Waals surface area contributed by atoms with Gasteiger partial charge in [0.15, 0.2) is 5.11 Å². The predicted octanol–water partition coefficient (Wildman–Crippen LogP) is 5.73. The normalized spacial score (nSPS) is 17.6. The summed E-state index contributed by atoms with van der Waals surface area (Å²) in [7, 11) is 1.65. The van der Waals surface area contributed by atoms with Gasteiger partial charge in [-0.25, -0.2) is 0 Å². The second kappa shape index (κ2) is 9.00. The Morgan fingerprint density at radius 1 is 1.06 bits per heavy atom. The Morgan fingerprint density at radius 3 is 2.56 bits per heavy atom. The van der Waals surface area contributed by atoms with E-state index in [1.165, 1.54) is 0 Å². The van der Waals surface area contributed by atoms with Crippen LogP contribution in [0.3, 0.4) is 0 Å². The molecule has 2 atom stereocenters. The molecule has 5 rings (SSSR count). The van der Waals surface area contributed by atoms with Crippen LogP contribution in [0.25, 0.3) is 5.69 Å². The van der Waals surface area contributed by atoms with Gasteiger partial charge in [-0.15, -0.1) is 0 Å². The van der Waals surface area contributed by atoms with Crippen molar-refractivity contribution in [2.45, 2.75) is 19.0 Å². The molecule has 1 aliphatic heterocycles. The molecule has 0 aliphatic carbocycles. The first-order valence-corrected chi connectivity index (χ1v) is 11.6. The third-order valence-corrected chi connectivity index (χ3v) is 6.58. The van der Waals surface area contributed by atoms with Crippen molar-refractivity contribution in [2.75, 3.05) is 12.0 Å². The number of ether oxygens (including phenoxy) is 1. The lowest BCUT2D eigenvalue weighted by molar-refractivity contribution is 0.414. The quantitative estimate of drug-likeness (QED) is 0.348. The minimum absolute atomic E-state index is 0.0968. The first-order valence-electron chi connectivity index (χ1n) is 10.8. The van der Waals surface area contributed by atoms with Crippen LogP contribution < -0.4 is 15.0 Å². The van der Waals surface area contributed by atoms with Crippen LogP contribution in [-0.4, -0.2) is 26.9 Å². The number of hydrogen-bond acceptors (Lipinski definition) is 4. The molecule has 0 unspecified atom stereocenters. The lowest BCUT2D eigenvalue weighted by Crippen LogP contribution is -2.30. The molecule has 6 nitrogen and oxygen atoms in total. The van der Waals surface area contributed by atoms with Gasteiger partial charge in [-0.2, -0.15) is 0 Å². The standard InChI is InChI=1S/C26H23ClN4O2S/c1-16-6-12-21(30(16)18-8-10-19(33-2)11-9-18)25-24(20-5-3-4-14-28-20)29-26(34)31(25)22-15-17(27)7-13-23(22)32/h3-15,24-25,32H,1-2H3,(H,29,34)/t24-,25+/m0/s1. The third kappa shape index (κ3) is 3.87. The van der Waals surface area contributed by atoms with Crippen molar-refractivity contribution in [3.8, 4) is 17.2 Å². The maximum atomic E-state index is 10.8. The highest BCUT2D eigenvalue weighted by Crippen LogP contribution is 2.45. The van der Waals surface area contributed by atoms with E-state index in [2.05, 4.69) is 33.9 Å². The molecule has 4 aromatic rings. The van der Waals surface area contributed by atoms with Crippen LogP contribution in [0.15, 0.2) is 79.0 Å². The number of thiocarbonyl (C=S) groups is 1. The molecule has 2 aromatic heterocycles. The largest absolute Gasteiger partial charge is 0.506 e. The molecule has 1 saturated heterocycles. The van der Waals surface area contributed by atoms with E-state index in [0.29, 0.717) is 15.8 Å². The number of nitrogens with zero attached hydrogens (tertiary/aromatic N) is 3. The van der Waals surface area contributed by atoms with Crippen molar-refractivity contribution < 1.29 is 9.84 Å². The smallest absolute Gasteiger partial charge is 0.174 e. The highest BCUT2D eigenvalue weighted by molar-refractivity contribution is 7.80. The maximum absolute atomic E-state index is 10.8. The number of rotatable bonds is 5. The molecule has 1 fully saturated rings. The predicted molar refractivity (Wildman–Crippen MR) is 138 cm³/mol. The van der Waals surface area contributed by atoms with Crippen molar-refractivity contribution in [3.63, 3.8) is 0 Å².